The van der Waals surface area contributed by atoms with Gasteiger partial charge in [0, 0.05) is 14.9 Å². The van der Waals surface area contributed by atoms with E-state index in [1.165, 1.54) is 11.3 Å². The third-order valence-corrected chi connectivity index (χ3v) is 3.85. The van der Waals surface area contributed by atoms with Gasteiger partial charge in [-0.2, -0.15) is 0 Å². The summed E-state index contributed by atoms with van der Waals surface area (Å²) in [5.41, 5.74) is 7.19. The van der Waals surface area contributed by atoms with Crippen molar-refractivity contribution < 1.29 is 4.39 Å². The van der Waals surface area contributed by atoms with E-state index in [9.17, 15) is 4.39 Å². The molecule has 0 unspecified atom stereocenters. The average Bonchev–Trinajstić information content (AvgIpc) is 2.75. The maximum Gasteiger partial charge on any atom is 0.131 e. The third-order valence-electron chi connectivity index (χ3n) is 2.43. The smallest absolute Gasteiger partial charge is 0.131 e. The van der Waals surface area contributed by atoms with Crippen molar-refractivity contribution in [2.45, 2.75) is 13.0 Å². The van der Waals surface area contributed by atoms with Crippen molar-refractivity contribution in [3.8, 4) is 0 Å². The molecule has 2 aromatic rings. The SMILES string of the molecule is Cc1cc(Br)cc([C@@H](N)c2cccs2)c1F.Cl. The van der Waals surface area contributed by atoms with E-state index in [1.807, 2.05) is 17.5 Å². The Morgan fingerprint density at radius 1 is 1.41 bits per heavy atom. The topological polar surface area (TPSA) is 26.0 Å². The fraction of sp³-hybridized carbons (Fsp3) is 0.167. The molecule has 0 saturated heterocycles. The Morgan fingerprint density at radius 3 is 2.71 bits per heavy atom. The zero-order valence-electron chi connectivity index (χ0n) is 9.11. The highest BCUT2D eigenvalue weighted by molar-refractivity contribution is 9.10. The van der Waals surface area contributed by atoms with Gasteiger partial charge in [-0.15, -0.1) is 23.7 Å². The Morgan fingerprint density at radius 2 is 2.12 bits per heavy atom. The second kappa shape index (κ2) is 5.96. The van der Waals surface area contributed by atoms with Gasteiger partial charge in [-0.05, 0) is 36.1 Å². The molecule has 1 nitrogen and oxygen atoms in total. The predicted molar refractivity (Wildman–Crippen MR) is 76.4 cm³/mol. The first kappa shape index (κ1) is 14.6. The molecule has 0 saturated carbocycles. The number of hydrogen-bond donors (Lipinski definition) is 1. The number of benzene rings is 1. The van der Waals surface area contributed by atoms with Gasteiger partial charge in [0.2, 0.25) is 0 Å². The number of aryl methyl sites for hydroxylation is 1. The molecule has 1 atom stereocenters. The van der Waals surface area contributed by atoms with Crippen molar-refractivity contribution in [1.82, 2.24) is 0 Å². The van der Waals surface area contributed by atoms with E-state index >= 15 is 0 Å². The Kier molecular flexibility index (Phi) is 5.13. The summed E-state index contributed by atoms with van der Waals surface area (Å²) in [4.78, 5) is 0.969. The quantitative estimate of drug-likeness (QED) is 0.862. The third kappa shape index (κ3) is 3.07. The lowest BCUT2D eigenvalue weighted by molar-refractivity contribution is 0.592. The molecule has 0 aliphatic carbocycles. The van der Waals surface area contributed by atoms with E-state index in [2.05, 4.69) is 15.9 Å². The maximum absolute atomic E-state index is 13.9. The molecule has 0 radical (unpaired) electrons. The molecule has 17 heavy (non-hydrogen) atoms. The Labute approximate surface area is 118 Å². The van der Waals surface area contributed by atoms with Crippen molar-refractivity contribution >= 4 is 39.7 Å². The zero-order valence-corrected chi connectivity index (χ0v) is 12.3. The Balaban J connectivity index is 0.00000144. The lowest BCUT2D eigenvalue weighted by Crippen LogP contribution is -2.13. The molecular formula is C12H12BrClFNS. The van der Waals surface area contributed by atoms with Crippen molar-refractivity contribution in [3.05, 3.63) is 55.9 Å². The molecule has 0 spiro atoms. The molecule has 5 heteroatoms. The van der Waals surface area contributed by atoms with Crippen LogP contribution in [0.1, 0.15) is 22.0 Å². The highest BCUT2D eigenvalue weighted by Crippen LogP contribution is 2.29. The summed E-state index contributed by atoms with van der Waals surface area (Å²) in [6.45, 7) is 1.74. The summed E-state index contributed by atoms with van der Waals surface area (Å²) in [6.07, 6.45) is 0. The summed E-state index contributed by atoms with van der Waals surface area (Å²) in [5, 5.41) is 1.94. The van der Waals surface area contributed by atoms with Crippen LogP contribution in [0.5, 0.6) is 0 Å². The van der Waals surface area contributed by atoms with Gasteiger partial charge in [0.1, 0.15) is 5.82 Å². The van der Waals surface area contributed by atoms with Gasteiger partial charge >= 0.3 is 0 Å². The summed E-state index contributed by atoms with van der Waals surface area (Å²) >= 11 is 4.90. The number of nitrogens with two attached hydrogens (primary N) is 1. The summed E-state index contributed by atoms with van der Waals surface area (Å²) in [7, 11) is 0. The molecule has 0 fully saturated rings. The minimum Gasteiger partial charge on any atom is -0.320 e. The second-order valence-electron chi connectivity index (χ2n) is 3.62. The Hall–Kier alpha value is -0.420. The number of rotatable bonds is 2. The van der Waals surface area contributed by atoms with Crippen LogP contribution in [0.25, 0.3) is 0 Å². The standard InChI is InChI=1S/C12H11BrFNS.ClH/c1-7-5-8(13)6-9(11(7)14)12(15)10-3-2-4-16-10;/h2-6,12H,15H2,1H3;1H/t12-;/m1./s1. The molecule has 1 heterocycles. The van der Waals surface area contributed by atoms with Crippen LogP contribution in [0.3, 0.4) is 0 Å². The van der Waals surface area contributed by atoms with Gasteiger partial charge in [0.25, 0.3) is 0 Å². The van der Waals surface area contributed by atoms with Crippen LogP contribution in [-0.4, -0.2) is 0 Å². The molecule has 0 amide bonds. The lowest BCUT2D eigenvalue weighted by Gasteiger charge is -2.13. The van der Waals surface area contributed by atoms with Gasteiger partial charge < -0.3 is 5.73 Å². The van der Waals surface area contributed by atoms with Gasteiger partial charge in [-0.1, -0.05) is 22.0 Å². The van der Waals surface area contributed by atoms with E-state index in [0.29, 0.717) is 11.1 Å². The second-order valence-corrected chi connectivity index (χ2v) is 5.51. The molecule has 1 aromatic carbocycles. The molecule has 2 N–H and O–H groups in total. The molecule has 0 aliphatic rings. The average molecular weight is 337 g/mol. The predicted octanol–water partition coefficient (Wildman–Crippen LogP) is 4.43. The van der Waals surface area contributed by atoms with E-state index in [1.54, 1.807) is 19.1 Å². The van der Waals surface area contributed by atoms with Crippen molar-refractivity contribution in [3.63, 3.8) is 0 Å². The first-order valence-corrected chi connectivity index (χ1v) is 6.51. The van der Waals surface area contributed by atoms with Crippen LogP contribution >= 0.6 is 39.7 Å². The zero-order chi connectivity index (χ0) is 11.7. The van der Waals surface area contributed by atoms with Crippen LogP contribution in [-0.2, 0) is 0 Å². The largest absolute Gasteiger partial charge is 0.320 e. The van der Waals surface area contributed by atoms with Crippen LogP contribution in [0, 0.1) is 12.7 Å². The first-order chi connectivity index (χ1) is 7.59. The molecular weight excluding hydrogens is 325 g/mol. The van der Waals surface area contributed by atoms with Gasteiger partial charge in [-0.3, -0.25) is 0 Å². The molecule has 92 valence electrons. The van der Waals surface area contributed by atoms with Crippen LogP contribution in [0.15, 0.2) is 34.1 Å². The van der Waals surface area contributed by atoms with Gasteiger partial charge in [0.15, 0.2) is 0 Å². The molecule has 0 aliphatic heterocycles. The van der Waals surface area contributed by atoms with E-state index < -0.39 is 6.04 Å². The van der Waals surface area contributed by atoms with E-state index in [4.69, 9.17) is 5.73 Å². The van der Waals surface area contributed by atoms with Gasteiger partial charge in [-0.25, -0.2) is 4.39 Å². The normalized spacial score (nSPS) is 12.0. The van der Waals surface area contributed by atoms with E-state index in [0.717, 1.165) is 9.35 Å². The van der Waals surface area contributed by atoms with Crippen molar-refractivity contribution in [2.75, 3.05) is 0 Å². The van der Waals surface area contributed by atoms with Gasteiger partial charge in [0.05, 0.1) is 6.04 Å². The number of hydrogen-bond acceptors (Lipinski definition) is 2. The molecule has 2 rings (SSSR count). The number of thiophene rings is 1. The van der Waals surface area contributed by atoms with Crippen LogP contribution in [0.2, 0.25) is 0 Å². The van der Waals surface area contributed by atoms with Crippen LogP contribution < -0.4 is 5.73 Å². The van der Waals surface area contributed by atoms with Crippen LogP contribution in [0.4, 0.5) is 4.39 Å². The molecule has 1 aromatic heterocycles. The summed E-state index contributed by atoms with van der Waals surface area (Å²) < 4.78 is 14.8. The summed E-state index contributed by atoms with van der Waals surface area (Å²) in [5.74, 6) is -0.218. The minimum atomic E-state index is -0.392. The summed E-state index contributed by atoms with van der Waals surface area (Å²) in [6, 6.07) is 6.94. The first-order valence-electron chi connectivity index (χ1n) is 4.84. The molecule has 0 bridgehead atoms. The minimum absolute atomic E-state index is 0. The Bertz CT molecular complexity index is 501. The highest BCUT2D eigenvalue weighted by Gasteiger charge is 2.16. The highest BCUT2D eigenvalue weighted by atomic mass is 79.9. The monoisotopic (exact) mass is 335 g/mol. The number of halogens is 3. The maximum atomic E-state index is 13.9. The van der Waals surface area contributed by atoms with Crippen molar-refractivity contribution in [1.29, 1.82) is 0 Å². The van der Waals surface area contributed by atoms with E-state index in [-0.39, 0.29) is 18.2 Å². The fourth-order valence-electron chi connectivity index (χ4n) is 1.60. The lowest BCUT2D eigenvalue weighted by atomic mass is 10.0. The fourth-order valence-corrected chi connectivity index (χ4v) is 2.93. The van der Waals surface area contributed by atoms with Crippen molar-refractivity contribution in [2.24, 2.45) is 5.73 Å².